The van der Waals surface area contributed by atoms with E-state index < -0.39 is 0 Å². The van der Waals surface area contributed by atoms with Crippen molar-refractivity contribution in [3.8, 4) is 0 Å². The topological polar surface area (TPSA) is 32.3 Å². The molecule has 1 aromatic carbocycles. The van der Waals surface area contributed by atoms with E-state index in [4.69, 9.17) is 0 Å². The second-order valence-corrected chi connectivity index (χ2v) is 4.62. The molecule has 1 aliphatic heterocycles. The minimum Gasteiger partial charge on any atom is -0.311 e. The number of amides is 1. The molecule has 92 valence electrons. The van der Waals surface area contributed by atoms with Gasteiger partial charge in [0, 0.05) is 12.2 Å². The molecule has 1 N–H and O–H groups in total. The van der Waals surface area contributed by atoms with Crippen LogP contribution in [0.4, 0.5) is 5.69 Å². The lowest BCUT2D eigenvalue weighted by Crippen LogP contribution is -2.38. The molecule has 0 aromatic heterocycles. The van der Waals surface area contributed by atoms with Crippen molar-refractivity contribution in [1.82, 2.24) is 5.32 Å². The zero-order valence-corrected chi connectivity index (χ0v) is 10.6. The van der Waals surface area contributed by atoms with Crippen LogP contribution in [0.5, 0.6) is 0 Å². The van der Waals surface area contributed by atoms with Gasteiger partial charge in [0.25, 0.3) is 0 Å². The number of nitrogens with zero attached hydrogens (tertiary/aromatic N) is 1. The largest absolute Gasteiger partial charge is 0.311 e. The molecule has 0 spiro atoms. The lowest BCUT2D eigenvalue weighted by atomic mass is 10.2. The first-order chi connectivity index (χ1) is 8.22. The van der Waals surface area contributed by atoms with Crippen molar-refractivity contribution in [2.24, 2.45) is 0 Å². The van der Waals surface area contributed by atoms with Crippen molar-refractivity contribution < 1.29 is 4.79 Å². The number of aryl methyl sites for hydroxylation is 1. The molecule has 3 heteroatoms. The smallest absolute Gasteiger partial charge is 0.244 e. The number of anilines is 1. The molecule has 1 saturated heterocycles. The highest BCUT2D eigenvalue weighted by Gasteiger charge is 2.31. The van der Waals surface area contributed by atoms with Crippen molar-refractivity contribution in [2.45, 2.75) is 32.7 Å². The first-order valence-electron chi connectivity index (χ1n) is 6.34. The Morgan fingerprint density at radius 2 is 2.06 bits per heavy atom. The molecule has 3 nitrogen and oxygen atoms in total. The van der Waals surface area contributed by atoms with E-state index >= 15 is 0 Å². The average molecular weight is 232 g/mol. The van der Waals surface area contributed by atoms with Gasteiger partial charge >= 0.3 is 0 Å². The monoisotopic (exact) mass is 232 g/mol. The summed E-state index contributed by atoms with van der Waals surface area (Å²) in [4.78, 5) is 14.0. The molecule has 1 aliphatic rings. The minimum atomic E-state index is 0.0104. The Hall–Kier alpha value is -1.35. The summed E-state index contributed by atoms with van der Waals surface area (Å²) in [6.45, 7) is 5.91. The van der Waals surface area contributed by atoms with Gasteiger partial charge in [-0.05, 0) is 38.4 Å². The molecule has 1 atom stereocenters. The third kappa shape index (κ3) is 2.67. The Kier molecular flexibility index (Phi) is 3.79. The van der Waals surface area contributed by atoms with Crippen molar-refractivity contribution in [3.63, 3.8) is 0 Å². The summed E-state index contributed by atoms with van der Waals surface area (Å²) in [6, 6.07) is 8.16. The molecule has 1 amide bonds. The van der Waals surface area contributed by atoms with Crippen molar-refractivity contribution >= 4 is 11.6 Å². The predicted molar refractivity (Wildman–Crippen MR) is 70.2 cm³/mol. The minimum absolute atomic E-state index is 0.0104. The van der Waals surface area contributed by atoms with Gasteiger partial charge in [0.05, 0.1) is 6.04 Å². The van der Waals surface area contributed by atoms with Crippen molar-refractivity contribution in [3.05, 3.63) is 29.8 Å². The summed E-state index contributed by atoms with van der Waals surface area (Å²) in [6.07, 6.45) is 1.97. The lowest BCUT2D eigenvalue weighted by molar-refractivity contribution is -0.118. The van der Waals surface area contributed by atoms with Crippen LogP contribution < -0.4 is 10.2 Å². The second kappa shape index (κ2) is 5.32. The van der Waals surface area contributed by atoms with E-state index in [9.17, 15) is 4.79 Å². The highest BCUT2D eigenvalue weighted by Crippen LogP contribution is 2.21. The summed E-state index contributed by atoms with van der Waals surface area (Å²) in [7, 11) is 0. The summed E-state index contributed by atoms with van der Waals surface area (Å²) < 4.78 is 0. The Bertz CT molecular complexity index is 386. The number of rotatable bonds is 4. The molecule has 17 heavy (non-hydrogen) atoms. The number of carbonyl (C=O) groups is 1. The zero-order valence-electron chi connectivity index (χ0n) is 10.6. The maximum Gasteiger partial charge on any atom is 0.244 e. The molecule has 0 radical (unpaired) electrons. The van der Waals surface area contributed by atoms with E-state index in [0.29, 0.717) is 0 Å². The molecule has 0 bridgehead atoms. The number of hydrogen-bond donors (Lipinski definition) is 1. The van der Waals surface area contributed by atoms with E-state index in [1.54, 1.807) is 0 Å². The quantitative estimate of drug-likeness (QED) is 0.862. The standard InChI is InChI=1S/C14H20N2O/c1-3-9-15-13-8-10-16(14(13)17)12-6-4-11(2)5-7-12/h4-7,13,15H,3,8-10H2,1-2H3. The third-order valence-electron chi connectivity index (χ3n) is 3.19. The maximum atomic E-state index is 12.2. The predicted octanol–water partition coefficient (Wildman–Crippen LogP) is 2.10. The Labute approximate surface area is 103 Å². The molecule has 2 rings (SSSR count). The van der Waals surface area contributed by atoms with Gasteiger partial charge in [0.1, 0.15) is 0 Å². The van der Waals surface area contributed by atoms with Gasteiger partial charge in [-0.1, -0.05) is 24.6 Å². The number of carbonyl (C=O) groups excluding carboxylic acids is 1. The molecule has 1 aromatic rings. The summed E-state index contributed by atoms with van der Waals surface area (Å²) in [5.74, 6) is 0.210. The van der Waals surface area contributed by atoms with E-state index in [0.717, 1.165) is 31.6 Å². The number of hydrogen-bond acceptors (Lipinski definition) is 2. The average Bonchev–Trinajstić information content (AvgIpc) is 2.69. The Balaban J connectivity index is 2.04. The number of nitrogens with one attached hydrogen (secondary N) is 1. The van der Waals surface area contributed by atoms with E-state index in [1.165, 1.54) is 5.56 Å². The molecule has 1 fully saturated rings. The fourth-order valence-electron chi connectivity index (χ4n) is 2.17. The summed E-state index contributed by atoms with van der Waals surface area (Å²) in [5, 5.41) is 3.30. The van der Waals surface area contributed by atoms with Crippen LogP contribution >= 0.6 is 0 Å². The van der Waals surface area contributed by atoms with Crippen LogP contribution in [0, 0.1) is 6.92 Å². The van der Waals surface area contributed by atoms with Crippen molar-refractivity contribution in [2.75, 3.05) is 18.0 Å². The normalized spacial score (nSPS) is 20.0. The van der Waals surface area contributed by atoms with Crippen LogP contribution in [0.2, 0.25) is 0 Å². The zero-order chi connectivity index (χ0) is 12.3. The first-order valence-corrected chi connectivity index (χ1v) is 6.34. The maximum absolute atomic E-state index is 12.2. The van der Waals surface area contributed by atoms with E-state index in [-0.39, 0.29) is 11.9 Å². The van der Waals surface area contributed by atoms with Crippen LogP contribution in [-0.2, 0) is 4.79 Å². The second-order valence-electron chi connectivity index (χ2n) is 4.62. The van der Waals surface area contributed by atoms with Crippen LogP contribution in [-0.4, -0.2) is 25.0 Å². The highest BCUT2D eigenvalue weighted by molar-refractivity contribution is 5.99. The van der Waals surface area contributed by atoms with Gasteiger partial charge in [-0.3, -0.25) is 4.79 Å². The van der Waals surface area contributed by atoms with Crippen LogP contribution in [0.3, 0.4) is 0 Å². The van der Waals surface area contributed by atoms with Gasteiger partial charge in [-0.2, -0.15) is 0 Å². The Morgan fingerprint density at radius 1 is 1.35 bits per heavy atom. The van der Waals surface area contributed by atoms with Crippen LogP contribution in [0.1, 0.15) is 25.3 Å². The van der Waals surface area contributed by atoms with Gasteiger partial charge in [0.2, 0.25) is 5.91 Å². The molecule has 1 heterocycles. The highest BCUT2D eigenvalue weighted by atomic mass is 16.2. The van der Waals surface area contributed by atoms with Gasteiger partial charge in [-0.15, -0.1) is 0 Å². The molecule has 1 unspecified atom stereocenters. The van der Waals surface area contributed by atoms with Crippen LogP contribution in [0.25, 0.3) is 0 Å². The molecular formula is C14H20N2O. The third-order valence-corrected chi connectivity index (χ3v) is 3.19. The summed E-state index contributed by atoms with van der Waals surface area (Å²) in [5.41, 5.74) is 2.24. The van der Waals surface area contributed by atoms with E-state index in [2.05, 4.69) is 31.3 Å². The van der Waals surface area contributed by atoms with E-state index in [1.807, 2.05) is 17.0 Å². The van der Waals surface area contributed by atoms with Gasteiger partial charge in [0.15, 0.2) is 0 Å². The van der Waals surface area contributed by atoms with Crippen LogP contribution in [0.15, 0.2) is 24.3 Å². The molecule has 0 aliphatic carbocycles. The fourth-order valence-corrected chi connectivity index (χ4v) is 2.17. The van der Waals surface area contributed by atoms with Gasteiger partial charge < -0.3 is 10.2 Å². The van der Waals surface area contributed by atoms with Crippen molar-refractivity contribution in [1.29, 1.82) is 0 Å². The number of benzene rings is 1. The SMILES string of the molecule is CCCNC1CCN(c2ccc(C)cc2)C1=O. The fraction of sp³-hybridized carbons (Fsp3) is 0.500. The molecular weight excluding hydrogens is 212 g/mol. The summed E-state index contributed by atoms with van der Waals surface area (Å²) >= 11 is 0. The lowest BCUT2D eigenvalue weighted by Gasteiger charge is -2.17. The first kappa shape index (κ1) is 12.1. The van der Waals surface area contributed by atoms with Gasteiger partial charge in [-0.25, -0.2) is 0 Å². The molecule has 0 saturated carbocycles. The Morgan fingerprint density at radius 3 is 2.71 bits per heavy atom.